The molecule has 0 aromatic rings. The maximum atomic E-state index is 11.3. The summed E-state index contributed by atoms with van der Waals surface area (Å²) in [6.45, 7) is 4.36. The Morgan fingerprint density at radius 1 is 1.58 bits per heavy atom. The maximum absolute atomic E-state index is 11.3. The van der Waals surface area contributed by atoms with Gasteiger partial charge in [-0.3, -0.25) is 4.79 Å². The topological polar surface area (TPSA) is 55.1 Å². The zero-order valence-electron chi connectivity index (χ0n) is 7.84. The van der Waals surface area contributed by atoms with Crippen molar-refractivity contribution in [3.05, 3.63) is 0 Å². The van der Waals surface area contributed by atoms with Gasteiger partial charge >= 0.3 is 0 Å². The summed E-state index contributed by atoms with van der Waals surface area (Å²) >= 11 is 0. The fourth-order valence-electron chi connectivity index (χ4n) is 1.19. The molecule has 0 aliphatic heterocycles. The van der Waals surface area contributed by atoms with E-state index in [0.717, 1.165) is 5.92 Å². The molecular weight excluding hydrogens is 152 g/mol. The van der Waals surface area contributed by atoms with Crippen molar-refractivity contribution < 1.29 is 4.79 Å². The first-order valence-electron chi connectivity index (χ1n) is 4.65. The van der Waals surface area contributed by atoms with Crippen LogP contribution in [0, 0.1) is 11.8 Å². The number of amides is 1. The predicted octanol–water partition coefficient (Wildman–Crippen LogP) is 0.496. The molecule has 3 heteroatoms. The van der Waals surface area contributed by atoms with Crippen molar-refractivity contribution in [2.45, 2.75) is 32.7 Å². The third-order valence-corrected chi connectivity index (χ3v) is 2.50. The van der Waals surface area contributed by atoms with Crippen LogP contribution in [0.15, 0.2) is 0 Å². The lowest BCUT2D eigenvalue weighted by molar-refractivity contribution is -0.124. The summed E-state index contributed by atoms with van der Waals surface area (Å²) in [5, 5.41) is 2.97. The number of carbonyl (C=O) groups excluding carboxylic acids is 1. The molecule has 1 rings (SSSR count). The number of nitrogens with two attached hydrogens (primary N) is 1. The van der Waals surface area contributed by atoms with Gasteiger partial charge in [-0.1, -0.05) is 6.92 Å². The third-order valence-electron chi connectivity index (χ3n) is 2.50. The second kappa shape index (κ2) is 3.90. The molecule has 1 aliphatic rings. The van der Waals surface area contributed by atoms with Crippen LogP contribution >= 0.6 is 0 Å². The molecule has 3 N–H and O–H groups in total. The zero-order chi connectivity index (χ0) is 9.14. The smallest absolute Gasteiger partial charge is 0.224 e. The molecule has 2 atom stereocenters. The van der Waals surface area contributed by atoms with Crippen LogP contribution in [0.3, 0.4) is 0 Å². The first-order chi connectivity index (χ1) is 5.65. The van der Waals surface area contributed by atoms with E-state index in [4.69, 9.17) is 5.73 Å². The minimum atomic E-state index is -0.0498. The van der Waals surface area contributed by atoms with Crippen LogP contribution in [0.5, 0.6) is 0 Å². The molecule has 0 aromatic carbocycles. The molecule has 0 bridgehead atoms. The summed E-state index contributed by atoms with van der Waals surface area (Å²) in [5.41, 5.74) is 5.38. The van der Waals surface area contributed by atoms with Gasteiger partial charge in [0.2, 0.25) is 5.91 Å². The van der Waals surface area contributed by atoms with Crippen molar-refractivity contribution in [3.63, 3.8) is 0 Å². The van der Waals surface area contributed by atoms with Gasteiger partial charge in [-0.05, 0) is 25.7 Å². The Morgan fingerprint density at radius 3 is 2.58 bits per heavy atom. The lowest BCUT2D eigenvalue weighted by Crippen LogP contribution is -2.39. The molecule has 0 saturated heterocycles. The largest absolute Gasteiger partial charge is 0.353 e. The van der Waals surface area contributed by atoms with Gasteiger partial charge in [0.25, 0.3) is 0 Å². The minimum Gasteiger partial charge on any atom is -0.353 e. The van der Waals surface area contributed by atoms with Crippen LogP contribution in [0.25, 0.3) is 0 Å². The molecule has 1 aliphatic carbocycles. The normalized spacial score (nSPS) is 21.6. The summed E-state index contributed by atoms with van der Waals surface area (Å²) in [6, 6.07) is 0.339. The monoisotopic (exact) mass is 170 g/mol. The first-order valence-corrected chi connectivity index (χ1v) is 4.65. The van der Waals surface area contributed by atoms with Crippen molar-refractivity contribution in [2.75, 3.05) is 6.54 Å². The number of nitrogens with one attached hydrogen (secondary N) is 1. The van der Waals surface area contributed by atoms with Crippen LogP contribution in [0.2, 0.25) is 0 Å². The number of rotatable bonds is 4. The molecule has 2 unspecified atom stereocenters. The van der Waals surface area contributed by atoms with Gasteiger partial charge in [-0.25, -0.2) is 0 Å². The molecule has 0 aromatic heterocycles. The van der Waals surface area contributed by atoms with E-state index in [1.807, 2.05) is 6.92 Å². The van der Waals surface area contributed by atoms with Gasteiger partial charge in [0.15, 0.2) is 0 Å². The Kier molecular flexibility index (Phi) is 3.09. The summed E-state index contributed by atoms with van der Waals surface area (Å²) in [4.78, 5) is 11.3. The Labute approximate surface area is 73.7 Å². The highest BCUT2D eigenvalue weighted by Gasteiger charge is 2.29. The van der Waals surface area contributed by atoms with E-state index in [9.17, 15) is 4.79 Å². The van der Waals surface area contributed by atoms with Crippen LogP contribution in [-0.2, 0) is 4.79 Å². The summed E-state index contributed by atoms with van der Waals surface area (Å²) in [5.74, 6) is 0.766. The van der Waals surface area contributed by atoms with Crippen LogP contribution in [0.1, 0.15) is 26.7 Å². The molecule has 12 heavy (non-hydrogen) atoms. The fraction of sp³-hybridized carbons (Fsp3) is 0.889. The van der Waals surface area contributed by atoms with Crippen molar-refractivity contribution >= 4 is 5.91 Å². The van der Waals surface area contributed by atoms with Gasteiger partial charge in [0.1, 0.15) is 0 Å². The second-order valence-electron chi connectivity index (χ2n) is 3.77. The minimum absolute atomic E-state index is 0.0498. The average Bonchev–Trinajstić information content (AvgIpc) is 2.84. The van der Waals surface area contributed by atoms with Crippen molar-refractivity contribution in [2.24, 2.45) is 17.6 Å². The predicted molar refractivity (Wildman–Crippen MR) is 48.5 cm³/mol. The van der Waals surface area contributed by atoms with E-state index in [0.29, 0.717) is 12.6 Å². The second-order valence-corrected chi connectivity index (χ2v) is 3.77. The van der Waals surface area contributed by atoms with E-state index in [1.54, 1.807) is 0 Å². The number of carbonyl (C=O) groups is 1. The first kappa shape index (κ1) is 9.52. The van der Waals surface area contributed by atoms with Crippen LogP contribution in [-0.4, -0.2) is 18.5 Å². The van der Waals surface area contributed by atoms with Gasteiger partial charge in [-0.2, -0.15) is 0 Å². The average molecular weight is 170 g/mol. The van der Waals surface area contributed by atoms with E-state index in [-0.39, 0.29) is 11.8 Å². The van der Waals surface area contributed by atoms with Gasteiger partial charge in [0, 0.05) is 18.5 Å². The molecule has 1 fully saturated rings. The Morgan fingerprint density at radius 2 is 2.17 bits per heavy atom. The standard InChI is InChI=1S/C9H18N2O/c1-6(5-10)9(12)11-7(2)8-3-4-8/h6-8H,3-5,10H2,1-2H3,(H,11,12). The van der Waals surface area contributed by atoms with Crippen molar-refractivity contribution in [1.82, 2.24) is 5.32 Å². The van der Waals surface area contributed by atoms with E-state index >= 15 is 0 Å². The Bertz CT molecular complexity index is 166. The zero-order valence-corrected chi connectivity index (χ0v) is 7.84. The Hall–Kier alpha value is -0.570. The summed E-state index contributed by atoms with van der Waals surface area (Å²) < 4.78 is 0. The van der Waals surface area contributed by atoms with Gasteiger partial charge in [0.05, 0.1) is 0 Å². The lowest BCUT2D eigenvalue weighted by atomic mass is 10.1. The van der Waals surface area contributed by atoms with Crippen molar-refractivity contribution in [1.29, 1.82) is 0 Å². The fourth-order valence-corrected chi connectivity index (χ4v) is 1.19. The molecule has 0 heterocycles. The highest BCUT2D eigenvalue weighted by atomic mass is 16.1. The molecule has 1 saturated carbocycles. The summed E-state index contributed by atoms with van der Waals surface area (Å²) in [7, 11) is 0. The van der Waals surface area contributed by atoms with E-state index in [2.05, 4.69) is 12.2 Å². The quantitative estimate of drug-likeness (QED) is 0.645. The molecule has 1 amide bonds. The van der Waals surface area contributed by atoms with Gasteiger partial charge < -0.3 is 11.1 Å². The number of hydrogen-bond acceptors (Lipinski definition) is 2. The van der Waals surface area contributed by atoms with E-state index in [1.165, 1.54) is 12.8 Å². The molecule has 70 valence electrons. The van der Waals surface area contributed by atoms with Crippen LogP contribution < -0.4 is 11.1 Å². The number of hydrogen-bond donors (Lipinski definition) is 2. The van der Waals surface area contributed by atoms with Crippen LogP contribution in [0.4, 0.5) is 0 Å². The molecule has 0 spiro atoms. The third kappa shape index (κ3) is 2.48. The SMILES string of the molecule is CC(CN)C(=O)NC(C)C1CC1. The maximum Gasteiger partial charge on any atom is 0.224 e. The highest BCUT2D eigenvalue weighted by Crippen LogP contribution is 2.32. The summed E-state index contributed by atoms with van der Waals surface area (Å²) in [6.07, 6.45) is 2.52. The molecular formula is C9H18N2O. The van der Waals surface area contributed by atoms with Gasteiger partial charge in [-0.15, -0.1) is 0 Å². The molecule has 0 radical (unpaired) electrons. The molecule has 3 nitrogen and oxygen atoms in total. The van der Waals surface area contributed by atoms with E-state index < -0.39 is 0 Å². The highest BCUT2D eigenvalue weighted by molar-refractivity contribution is 5.78. The Balaban J connectivity index is 2.24. The van der Waals surface area contributed by atoms with Crippen molar-refractivity contribution in [3.8, 4) is 0 Å². The lowest BCUT2D eigenvalue weighted by Gasteiger charge is -2.15.